The monoisotopic (exact) mass is 274 g/mol. The summed E-state index contributed by atoms with van der Waals surface area (Å²) in [6.07, 6.45) is 0. The van der Waals surface area contributed by atoms with Crippen LogP contribution in [-0.4, -0.2) is 12.0 Å². The van der Waals surface area contributed by atoms with Crippen LogP contribution in [0, 0.1) is 5.82 Å². The molecular formula is C15H15FN2S. The van der Waals surface area contributed by atoms with Gasteiger partial charge in [0.15, 0.2) is 0 Å². The molecule has 4 heteroatoms. The third-order valence-electron chi connectivity index (χ3n) is 2.93. The molecule has 2 nitrogen and oxygen atoms in total. The number of anilines is 1. The van der Waals surface area contributed by atoms with Gasteiger partial charge in [-0.25, -0.2) is 4.39 Å². The molecule has 0 atom stereocenters. The maximum absolute atomic E-state index is 12.8. The molecule has 2 N–H and O–H groups in total. The summed E-state index contributed by atoms with van der Waals surface area (Å²) >= 11 is 4.92. The second-order valence-electron chi connectivity index (χ2n) is 4.39. The molecule has 0 heterocycles. The Hall–Kier alpha value is -1.94. The second kappa shape index (κ2) is 5.80. The second-order valence-corrected chi connectivity index (χ2v) is 4.83. The maximum atomic E-state index is 12.8. The first-order chi connectivity index (χ1) is 9.06. The minimum absolute atomic E-state index is 0.216. The van der Waals surface area contributed by atoms with Crippen molar-refractivity contribution in [2.24, 2.45) is 5.73 Å². The minimum atomic E-state index is -0.216. The number of hydrogen-bond acceptors (Lipinski definition) is 2. The number of halogens is 1. The van der Waals surface area contributed by atoms with E-state index in [0.29, 0.717) is 11.5 Å². The van der Waals surface area contributed by atoms with Crippen LogP contribution in [0.25, 0.3) is 0 Å². The number of thiocarbonyl (C=S) groups is 1. The molecule has 0 aliphatic carbocycles. The van der Waals surface area contributed by atoms with Crippen LogP contribution >= 0.6 is 12.2 Å². The Morgan fingerprint density at radius 1 is 1.11 bits per heavy atom. The van der Waals surface area contributed by atoms with Crippen molar-refractivity contribution >= 4 is 22.9 Å². The summed E-state index contributed by atoms with van der Waals surface area (Å²) in [6, 6.07) is 14.3. The van der Waals surface area contributed by atoms with Crippen LogP contribution in [0.1, 0.15) is 11.1 Å². The van der Waals surface area contributed by atoms with E-state index in [-0.39, 0.29) is 5.82 Å². The van der Waals surface area contributed by atoms with Gasteiger partial charge in [-0.05, 0) is 42.0 Å². The molecule has 0 amide bonds. The van der Waals surface area contributed by atoms with Gasteiger partial charge in [-0.2, -0.15) is 0 Å². The van der Waals surface area contributed by atoms with Crippen LogP contribution in [-0.2, 0) is 6.54 Å². The molecule has 98 valence electrons. The Bertz CT molecular complexity index is 564. The Morgan fingerprint density at radius 3 is 2.21 bits per heavy atom. The first kappa shape index (κ1) is 13.5. The Kier molecular flexibility index (Phi) is 4.12. The molecule has 2 aromatic rings. The quantitative estimate of drug-likeness (QED) is 0.869. The topological polar surface area (TPSA) is 29.3 Å². The predicted molar refractivity (Wildman–Crippen MR) is 80.8 cm³/mol. The molecule has 0 spiro atoms. The van der Waals surface area contributed by atoms with Crippen LogP contribution in [0.3, 0.4) is 0 Å². The molecule has 0 bridgehead atoms. The van der Waals surface area contributed by atoms with Crippen LogP contribution in [0.2, 0.25) is 0 Å². The highest BCUT2D eigenvalue weighted by atomic mass is 32.1. The largest absolute Gasteiger partial charge is 0.389 e. The van der Waals surface area contributed by atoms with Crippen molar-refractivity contribution in [3.8, 4) is 0 Å². The zero-order valence-corrected chi connectivity index (χ0v) is 11.5. The smallest absolute Gasteiger partial charge is 0.123 e. The highest BCUT2D eigenvalue weighted by molar-refractivity contribution is 7.80. The Labute approximate surface area is 117 Å². The molecule has 0 radical (unpaired) electrons. The summed E-state index contributed by atoms with van der Waals surface area (Å²) in [5.41, 5.74) is 8.53. The van der Waals surface area contributed by atoms with Gasteiger partial charge in [-0.3, -0.25) is 0 Å². The highest BCUT2D eigenvalue weighted by Crippen LogP contribution is 2.16. The molecule has 19 heavy (non-hydrogen) atoms. The average molecular weight is 274 g/mol. The summed E-state index contributed by atoms with van der Waals surface area (Å²) in [5, 5.41) is 0. The number of nitrogens with zero attached hydrogens (tertiary/aromatic N) is 1. The van der Waals surface area contributed by atoms with Crippen molar-refractivity contribution < 1.29 is 4.39 Å². The lowest BCUT2D eigenvalue weighted by molar-refractivity contribution is 0.627. The van der Waals surface area contributed by atoms with E-state index in [9.17, 15) is 4.39 Å². The lowest BCUT2D eigenvalue weighted by atomic mass is 10.1. The van der Waals surface area contributed by atoms with Crippen LogP contribution in [0.4, 0.5) is 10.1 Å². The van der Waals surface area contributed by atoms with E-state index in [2.05, 4.69) is 4.90 Å². The van der Waals surface area contributed by atoms with Crippen molar-refractivity contribution in [3.05, 3.63) is 65.5 Å². The summed E-state index contributed by atoms with van der Waals surface area (Å²) < 4.78 is 12.8. The first-order valence-corrected chi connectivity index (χ1v) is 6.32. The summed E-state index contributed by atoms with van der Waals surface area (Å²) in [7, 11) is 1.99. The molecular weight excluding hydrogens is 259 g/mol. The first-order valence-electron chi connectivity index (χ1n) is 5.92. The van der Waals surface area contributed by atoms with Gasteiger partial charge >= 0.3 is 0 Å². The average Bonchev–Trinajstić information content (AvgIpc) is 2.41. The normalized spacial score (nSPS) is 10.2. The molecule has 0 saturated carbocycles. The maximum Gasteiger partial charge on any atom is 0.123 e. The fraction of sp³-hybridized carbons (Fsp3) is 0.133. The Balaban J connectivity index is 2.09. The molecule has 0 aliphatic heterocycles. The number of benzene rings is 2. The standard InChI is InChI=1S/C15H15FN2S/c1-18(10-11-2-6-13(16)7-3-11)14-8-4-12(5-9-14)15(17)19/h2-9H,10H2,1H3,(H2,17,19). The lowest BCUT2D eigenvalue weighted by Gasteiger charge is -2.19. The van der Waals surface area contributed by atoms with Gasteiger partial charge in [0.25, 0.3) is 0 Å². The van der Waals surface area contributed by atoms with Crippen molar-refractivity contribution in [3.63, 3.8) is 0 Å². The van der Waals surface area contributed by atoms with E-state index in [0.717, 1.165) is 16.8 Å². The van der Waals surface area contributed by atoms with Crippen LogP contribution in [0.5, 0.6) is 0 Å². The van der Waals surface area contributed by atoms with Gasteiger partial charge in [0.05, 0.1) is 0 Å². The fourth-order valence-corrected chi connectivity index (χ4v) is 1.97. The zero-order chi connectivity index (χ0) is 13.8. The van der Waals surface area contributed by atoms with E-state index in [1.165, 1.54) is 12.1 Å². The van der Waals surface area contributed by atoms with Crippen LogP contribution < -0.4 is 10.6 Å². The molecule has 0 unspecified atom stereocenters. The van der Waals surface area contributed by atoms with Gasteiger partial charge in [-0.15, -0.1) is 0 Å². The van der Waals surface area contributed by atoms with Crippen molar-refractivity contribution in [2.75, 3.05) is 11.9 Å². The third kappa shape index (κ3) is 3.51. The highest BCUT2D eigenvalue weighted by Gasteiger charge is 2.03. The summed E-state index contributed by atoms with van der Waals surface area (Å²) in [4.78, 5) is 2.48. The van der Waals surface area contributed by atoms with Crippen molar-refractivity contribution in [2.45, 2.75) is 6.54 Å². The van der Waals surface area contributed by atoms with Gasteiger partial charge in [0, 0.05) is 24.8 Å². The Morgan fingerprint density at radius 2 is 1.68 bits per heavy atom. The fourth-order valence-electron chi connectivity index (χ4n) is 1.84. The molecule has 0 saturated heterocycles. The molecule has 2 rings (SSSR count). The number of rotatable bonds is 4. The molecule has 2 aromatic carbocycles. The van der Waals surface area contributed by atoms with Crippen LogP contribution in [0.15, 0.2) is 48.5 Å². The molecule has 0 aliphatic rings. The van der Waals surface area contributed by atoms with E-state index < -0.39 is 0 Å². The zero-order valence-electron chi connectivity index (χ0n) is 10.6. The predicted octanol–water partition coefficient (Wildman–Crippen LogP) is 3.10. The van der Waals surface area contributed by atoms with Crippen molar-refractivity contribution in [1.82, 2.24) is 0 Å². The van der Waals surface area contributed by atoms with E-state index in [1.54, 1.807) is 12.1 Å². The van der Waals surface area contributed by atoms with Gasteiger partial charge < -0.3 is 10.6 Å². The van der Waals surface area contributed by atoms with E-state index >= 15 is 0 Å². The summed E-state index contributed by atoms with van der Waals surface area (Å²) in [5.74, 6) is -0.216. The lowest BCUT2D eigenvalue weighted by Crippen LogP contribution is -2.16. The van der Waals surface area contributed by atoms with Gasteiger partial charge in [0.2, 0.25) is 0 Å². The van der Waals surface area contributed by atoms with Gasteiger partial charge in [0.1, 0.15) is 10.8 Å². The number of nitrogens with two attached hydrogens (primary N) is 1. The molecule has 0 fully saturated rings. The van der Waals surface area contributed by atoms with Gasteiger partial charge in [-0.1, -0.05) is 24.4 Å². The van der Waals surface area contributed by atoms with E-state index in [4.69, 9.17) is 18.0 Å². The number of hydrogen-bond donors (Lipinski definition) is 1. The summed E-state index contributed by atoms with van der Waals surface area (Å²) in [6.45, 7) is 0.715. The van der Waals surface area contributed by atoms with Crippen molar-refractivity contribution in [1.29, 1.82) is 0 Å². The molecule has 0 aromatic heterocycles. The SMILES string of the molecule is CN(Cc1ccc(F)cc1)c1ccc(C(N)=S)cc1. The van der Waals surface area contributed by atoms with E-state index in [1.807, 2.05) is 31.3 Å². The minimum Gasteiger partial charge on any atom is -0.389 e. The third-order valence-corrected chi connectivity index (χ3v) is 3.16.